The van der Waals surface area contributed by atoms with Gasteiger partial charge in [0.05, 0.1) is 12.2 Å². The zero-order chi connectivity index (χ0) is 13.3. The zero-order valence-corrected chi connectivity index (χ0v) is 11.5. The number of para-hydroxylation sites is 1. The monoisotopic (exact) mass is 262 g/mol. The van der Waals surface area contributed by atoms with Gasteiger partial charge < -0.3 is 14.6 Å². The molecule has 1 unspecified atom stereocenters. The molecule has 3 rings (SSSR count). The van der Waals surface area contributed by atoms with Crippen LogP contribution in [-0.2, 0) is 11.2 Å². The molecule has 1 aliphatic carbocycles. The molecule has 1 atom stereocenters. The normalized spacial score (nSPS) is 22.6. The Balaban J connectivity index is 1.94. The summed E-state index contributed by atoms with van der Waals surface area (Å²) in [6, 6.07) is 6.07. The van der Waals surface area contributed by atoms with Crippen LogP contribution >= 0.6 is 0 Å². The molecule has 0 spiro atoms. The minimum atomic E-state index is -0.592. The predicted octanol–water partition coefficient (Wildman–Crippen LogP) is 3.00. The smallest absolute Gasteiger partial charge is 0.128 e. The van der Waals surface area contributed by atoms with E-state index in [0.29, 0.717) is 0 Å². The summed E-state index contributed by atoms with van der Waals surface area (Å²) in [4.78, 5) is 0. The highest BCUT2D eigenvalue weighted by Gasteiger charge is 2.41. The van der Waals surface area contributed by atoms with Crippen LogP contribution in [0.15, 0.2) is 18.2 Å². The molecule has 1 aromatic rings. The first-order chi connectivity index (χ1) is 9.27. The number of methoxy groups -OCH3 is 1. The molecule has 104 valence electrons. The van der Waals surface area contributed by atoms with Gasteiger partial charge in [-0.25, -0.2) is 0 Å². The predicted molar refractivity (Wildman–Crippen MR) is 73.4 cm³/mol. The fourth-order valence-electron chi connectivity index (χ4n) is 3.48. The molecule has 0 bridgehead atoms. The summed E-state index contributed by atoms with van der Waals surface area (Å²) in [6.45, 7) is 0.721. The van der Waals surface area contributed by atoms with E-state index < -0.39 is 11.7 Å². The van der Waals surface area contributed by atoms with Gasteiger partial charge in [0.15, 0.2) is 0 Å². The van der Waals surface area contributed by atoms with Gasteiger partial charge in [0.1, 0.15) is 11.9 Å². The molecule has 1 aliphatic heterocycles. The van der Waals surface area contributed by atoms with Crippen LogP contribution in [0.4, 0.5) is 0 Å². The van der Waals surface area contributed by atoms with E-state index in [1.54, 1.807) is 7.11 Å². The number of hydrogen-bond donors (Lipinski definition) is 1. The van der Waals surface area contributed by atoms with Gasteiger partial charge in [-0.2, -0.15) is 0 Å². The third-order valence-electron chi connectivity index (χ3n) is 4.64. The Hall–Kier alpha value is -1.06. The van der Waals surface area contributed by atoms with Gasteiger partial charge >= 0.3 is 0 Å². The van der Waals surface area contributed by atoms with Gasteiger partial charge in [-0.3, -0.25) is 0 Å². The van der Waals surface area contributed by atoms with Crippen molar-refractivity contribution in [3.8, 4) is 5.75 Å². The number of benzene rings is 1. The topological polar surface area (TPSA) is 38.7 Å². The minimum absolute atomic E-state index is 0.431. The van der Waals surface area contributed by atoms with Gasteiger partial charge in [0.25, 0.3) is 0 Å². The Morgan fingerprint density at radius 3 is 2.79 bits per heavy atom. The Morgan fingerprint density at radius 1 is 1.26 bits per heavy atom. The largest absolute Gasteiger partial charge is 0.493 e. The lowest BCUT2D eigenvalue weighted by Gasteiger charge is -2.40. The van der Waals surface area contributed by atoms with Crippen LogP contribution in [-0.4, -0.2) is 24.4 Å². The summed E-state index contributed by atoms with van der Waals surface area (Å²) in [6.07, 6.45) is 5.69. The lowest BCUT2D eigenvalue weighted by atomic mass is 9.78. The van der Waals surface area contributed by atoms with Crippen LogP contribution < -0.4 is 4.74 Å². The molecule has 1 heterocycles. The van der Waals surface area contributed by atoms with Crippen LogP contribution in [0.3, 0.4) is 0 Å². The molecular formula is C16H22O3. The average Bonchev–Trinajstić information content (AvgIpc) is 2.95. The van der Waals surface area contributed by atoms with Crippen molar-refractivity contribution >= 4 is 0 Å². The van der Waals surface area contributed by atoms with Crippen molar-refractivity contribution in [2.24, 2.45) is 0 Å². The molecule has 1 N–H and O–H groups in total. The maximum atomic E-state index is 10.9. The van der Waals surface area contributed by atoms with Crippen LogP contribution in [0.1, 0.15) is 49.3 Å². The maximum Gasteiger partial charge on any atom is 0.128 e. The molecule has 1 saturated carbocycles. The van der Waals surface area contributed by atoms with E-state index in [2.05, 4.69) is 6.07 Å². The summed E-state index contributed by atoms with van der Waals surface area (Å²) in [5.41, 5.74) is 1.68. The number of fused-ring (bicyclic) bond motifs is 1. The van der Waals surface area contributed by atoms with Crippen LogP contribution in [0.2, 0.25) is 0 Å². The van der Waals surface area contributed by atoms with Gasteiger partial charge in [-0.15, -0.1) is 0 Å². The third-order valence-corrected chi connectivity index (χ3v) is 4.64. The fourth-order valence-corrected chi connectivity index (χ4v) is 3.48. The van der Waals surface area contributed by atoms with Crippen molar-refractivity contribution in [2.75, 3.05) is 13.7 Å². The molecule has 0 aromatic heterocycles. The van der Waals surface area contributed by atoms with Crippen LogP contribution in [0.25, 0.3) is 0 Å². The van der Waals surface area contributed by atoms with Crippen molar-refractivity contribution in [1.82, 2.24) is 0 Å². The Kier molecular flexibility index (Phi) is 3.50. The summed E-state index contributed by atoms with van der Waals surface area (Å²) < 4.78 is 11.5. The molecular weight excluding hydrogens is 240 g/mol. The van der Waals surface area contributed by atoms with Gasteiger partial charge in [0, 0.05) is 19.1 Å². The highest BCUT2D eigenvalue weighted by atomic mass is 16.5. The van der Waals surface area contributed by atoms with E-state index in [1.165, 1.54) is 12.0 Å². The summed E-state index contributed by atoms with van der Waals surface area (Å²) in [7, 11) is 1.72. The molecule has 1 aromatic carbocycles. The molecule has 3 nitrogen and oxygen atoms in total. The van der Waals surface area contributed by atoms with Crippen molar-refractivity contribution in [1.29, 1.82) is 0 Å². The van der Waals surface area contributed by atoms with E-state index in [9.17, 15) is 5.11 Å². The second-order valence-electron chi connectivity index (χ2n) is 5.67. The Labute approximate surface area is 114 Å². The molecule has 0 radical (unpaired) electrons. The lowest BCUT2D eigenvalue weighted by Crippen LogP contribution is -2.40. The molecule has 2 aliphatic rings. The number of hydrogen-bond acceptors (Lipinski definition) is 3. The molecule has 3 heteroatoms. The first-order valence-corrected chi connectivity index (χ1v) is 7.25. The van der Waals surface area contributed by atoms with Crippen LogP contribution in [0.5, 0.6) is 5.75 Å². The number of rotatable bonds is 3. The third kappa shape index (κ3) is 2.15. The second-order valence-corrected chi connectivity index (χ2v) is 5.67. The summed E-state index contributed by atoms with van der Waals surface area (Å²) in [5, 5.41) is 10.9. The summed E-state index contributed by atoms with van der Waals surface area (Å²) in [5.74, 6) is 0.886. The van der Waals surface area contributed by atoms with Gasteiger partial charge in [-0.05, 0) is 18.4 Å². The van der Waals surface area contributed by atoms with Crippen LogP contribution in [0, 0.1) is 0 Å². The van der Waals surface area contributed by atoms with Crippen molar-refractivity contribution in [3.63, 3.8) is 0 Å². The van der Waals surface area contributed by atoms with Crippen molar-refractivity contribution < 1.29 is 14.6 Å². The summed E-state index contributed by atoms with van der Waals surface area (Å²) >= 11 is 0. The molecule has 19 heavy (non-hydrogen) atoms. The van der Waals surface area contributed by atoms with E-state index in [0.717, 1.165) is 50.0 Å². The lowest BCUT2D eigenvalue weighted by molar-refractivity contribution is -0.125. The van der Waals surface area contributed by atoms with E-state index in [1.807, 2.05) is 12.1 Å². The first kappa shape index (κ1) is 12.9. The standard InChI is InChI=1S/C16H22O3/c1-18-16(9-3-2-4-10-16)15(17)13-7-5-6-12-8-11-19-14(12)13/h5-7,15,17H,2-4,8-11H2,1H3. The molecule has 1 fully saturated rings. The molecule has 0 amide bonds. The number of aliphatic hydroxyl groups excluding tert-OH is 1. The van der Waals surface area contributed by atoms with Gasteiger partial charge in [-0.1, -0.05) is 37.5 Å². The Bertz CT molecular complexity index is 449. The van der Waals surface area contributed by atoms with E-state index in [4.69, 9.17) is 9.47 Å². The Morgan fingerprint density at radius 2 is 2.05 bits per heavy atom. The quantitative estimate of drug-likeness (QED) is 0.910. The minimum Gasteiger partial charge on any atom is -0.493 e. The fraction of sp³-hybridized carbons (Fsp3) is 0.625. The number of aliphatic hydroxyl groups is 1. The highest BCUT2D eigenvalue weighted by molar-refractivity contribution is 5.46. The maximum absolute atomic E-state index is 10.9. The van der Waals surface area contributed by atoms with Crippen molar-refractivity contribution in [3.05, 3.63) is 29.3 Å². The SMILES string of the molecule is COC1(C(O)c2cccc3c2OCC3)CCCCC1. The number of ether oxygens (including phenoxy) is 2. The highest BCUT2D eigenvalue weighted by Crippen LogP contribution is 2.45. The first-order valence-electron chi connectivity index (χ1n) is 7.25. The van der Waals surface area contributed by atoms with E-state index in [-0.39, 0.29) is 0 Å². The molecule has 0 saturated heterocycles. The second kappa shape index (κ2) is 5.14. The average molecular weight is 262 g/mol. The zero-order valence-electron chi connectivity index (χ0n) is 11.5. The van der Waals surface area contributed by atoms with Crippen molar-refractivity contribution in [2.45, 2.75) is 50.2 Å². The van der Waals surface area contributed by atoms with Gasteiger partial charge in [0.2, 0.25) is 0 Å². The van der Waals surface area contributed by atoms with E-state index >= 15 is 0 Å².